The van der Waals surface area contributed by atoms with Gasteiger partial charge in [0.25, 0.3) is 0 Å². The van der Waals surface area contributed by atoms with Crippen LogP contribution in [0.25, 0.3) is 0 Å². The van der Waals surface area contributed by atoms with Crippen molar-refractivity contribution >= 4 is 11.5 Å². The first-order valence-electron chi connectivity index (χ1n) is 6.62. The lowest BCUT2D eigenvalue weighted by molar-refractivity contribution is -0.384. The quantitative estimate of drug-likeness (QED) is 0.662. The number of hydrogen-bond acceptors (Lipinski definition) is 5. The molecule has 1 aliphatic rings. The topological polar surface area (TPSA) is 71.3 Å². The highest BCUT2D eigenvalue weighted by molar-refractivity contribution is 5.57. The molecule has 0 radical (unpaired) electrons. The highest BCUT2D eigenvalue weighted by Gasteiger charge is 2.22. The molecule has 104 valence electrons. The summed E-state index contributed by atoms with van der Waals surface area (Å²) in [5.74, 6) is 0.997. The molecule has 0 bridgehead atoms. The fourth-order valence-corrected chi connectivity index (χ4v) is 2.51. The number of aryl methyl sites for hydroxylation is 1. The van der Waals surface area contributed by atoms with Crippen molar-refractivity contribution in [3.8, 4) is 0 Å². The molecule has 6 heteroatoms. The van der Waals surface area contributed by atoms with Crippen LogP contribution in [0.5, 0.6) is 0 Å². The Morgan fingerprint density at radius 3 is 3.00 bits per heavy atom. The normalized spacial score (nSPS) is 19.2. The number of rotatable bonds is 4. The van der Waals surface area contributed by atoms with Gasteiger partial charge in [0.1, 0.15) is 0 Å². The molecule has 19 heavy (non-hydrogen) atoms. The minimum Gasteiger partial charge on any atom is -0.354 e. The van der Waals surface area contributed by atoms with Crippen molar-refractivity contribution in [3.63, 3.8) is 0 Å². The molecule has 1 aliphatic heterocycles. The van der Waals surface area contributed by atoms with Gasteiger partial charge in [0.05, 0.1) is 4.92 Å². The molecule has 1 unspecified atom stereocenters. The number of nitrogens with one attached hydrogen (secondary N) is 1. The molecule has 6 nitrogen and oxygen atoms in total. The molecule has 1 fully saturated rings. The molecule has 0 aromatic carbocycles. The molecule has 2 rings (SSSR count). The highest BCUT2D eigenvalue weighted by Crippen LogP contribution is 2.26. The Morgan fingerprint density at radius 2 is 2.37 bits per heavy atom. The van der Waals surface area contributed by atoms with Gasteiger partial charge >= 0.3 is 5.69 Å². The third-order valence-electron chi connectivity index (χ3n) is 3.48. The Hall–Kier alpha value is -1.69. The van der Waals surface area contributed by atoms with E-state index in [1.807, 2.05) is 18.9 Å². The number of pyridine rings is 1. The van der Waals surface area contributed by atoms with E-state index >= 15 is 0 Å². The molecule has 0 amide bonds. The van der Waals surface area contributed by atoms with Gasteiger partial charge in [-0.1, -0.05) is 0 Å². The zero-order chi connectivity index (χ0) is 13.8. The van der Waals surface area contributed by atoms with Gasteiger partial charge in [0.15, 0.2) is 0 Å². The zero-order valence-electron chi connectivity index (χ0n) is 11.4. The number of piperidine rings is 1. The molecule has 2 heterocycles. The van der Waals surface area contributed by atoms with E-state index < -0.39 is 0 Å². The predicted octanol–water partition coefficient (Wildman–Crippen LogP) is 1.73. The monoisotopic (exact) mass is 264 g/mol. The summed E-state index contributed by atoms with van der Waals surface area (Å²) in [4.78, 5) is 16.9. The summed E-state index contributed by atoms with van der Waals surface area (Å²) >= 11 is 0. The number of nitro groups is 1. The molecule has 0 saturated carbocycles. The maximum atomic E-state index is 11.1. The summed E-state index contributed by atoms with van der Waals surface area (Å²) < 4.78 is 0. The Labute approximate surface area is 113 Å². The average Bonchev–Trinajstić information content (AvgIpc) is 2.39. The highest BCUT2D eigenvalue weighted by atomic mass is 16.6. The lowest BCUT2D eigenvalue weighted by atomic mass is 9.99. The van der Waals surface area contributed by atoms with E-state index in [9.17, 15) is 10.1 Å². The van der Waals surface area contributed by atoms with Gasteiger partial charge < -0.3 is 10.2 Å². The van der Waals surface area contributed by atoms with Crippen LogP contribution in [0.1, 0.15) is 18.5 Å². The van der Waals surface area contributed by atoms with Gasteiger partial charge in [0.2, 0.25) is 5.82 Å². The Balaban J connectivity index is 2.14. The molecular formula is C13H20N4O2. The fraction of sp³-hybridized carbons (Fsp3) is 0.615. The second-order valence-corrected chi connectivity index (χ2v) is 5.15. The van der Waals surface area contributed by atoms with E-state index in [1.165, 1.54) is 12.5 Å². The van der Waals surface area contributed by atoms with Crippen LogP contribution in [0.4, 0.5) is 11.5 Å². The van der Waals surface area contributed by atoms with Gasteiger partial charge in [-0.25, -0.2) is 4.98 Å². The smallest absolute Gasteiger partial charge is 0.311 e. The molecular weight excluding hydrogens is 244 g/mol. The summed E-state index contributed by atoms with van der Waals surface area (Å²) in [6, 6.07) is 3.21. The summed E-state index contributed by atoms with van der Waals surface area (Å²) in [6.07, 6.45) is 2.33. The second kappa shape index (κ2) is 5.97. The number of aromatic nitrogens is 1. The third-order valence-corrected chi connectivity index (χ3v) is 3.48. The fourth-order valence-electron chi connectivity index (χ4n) is 2.51. The van der Waals surface area contributed by atoms with Gasteiger partial charge in [0, 0.05) is 25.4 Å². The first-order chi connectivity index (χ1) is 9.08. The van der Waals surface area contributed by atoms with Crippen molar-refractivity contribution in [2.75, 3.05) is 31.6 Å². The third kappa shape index (κ3) is 3.41. The maximum absolute atomic E-state index is 11.1. The number of nitrogens with zero attached hydrogens (tertiary/aromatic N) is 3. The molecule has 1 atom stereocenters. The van der Waals surface area contributed by atoms with E-state index in [-0.39, 0.29) is 10.6 Å². The largest absolute Gasteiger partial charge is 0.354 e. The lowest BCUT2D eigenvalue weighted by Gasteiger charge is -2.28. The van der Waals surface area contributed by atoms with Crippen LogP contribution in [-0.2, 0) is 0 Å². The van der Waals surface area contributed by atoms with Crippen molar-refractivity contribution in [2.24, 2.45) is 5.92 Å². The van der Waals surface area contributed by atoms with Crippen molar-refractivity contribution < 1.29 is 4.92 Å². The predicted molar refractivity (Wildman–Crippen MR) is 74.5 cm³/mol. The second-order valence-electron chi connectivity index (χ2n) is 5.15. The van der Waals surface area contributed by atoms with E-state index in [2.05, 4.69) is 10.3 Å². The summed E-state index contributed by atoms with van der Waals surface area (Å²) in [6.45, 7) is 4.69. The zero-order valence-corrected chi connectivity index (χ0v) is 11.4. The van der Waals surface area contributed by atoms with Crippen LogP contribution in [-0.4, -0.2) is 36.6 Å². The van der Waals surface area contributed by atoms with Crippen molar-refractivity contribution in [2.45, 2.75) is 19.8 Å². The van der Waals surface area contributed by atoms with Crippen molar-refractivity contribution in [1.82, 2.24) is 10.3 Å². The summed E-state index contributed by atoms with van der Waals surface area (Å²) in [5, 5.41) is 14.4. The van der Waals surface area contributed by atoms with E-state index in [1.54, 1.807) is 6.07 Å². The number of anilines is 1. The van der Waals surface area contributed by atoms with Crippen LogP contribution in [0.2, 0.25) is 0 Å². The Kier molecular flexibility index (Phi) is 4.31. The van der Waals surface area contributed by atoms with Crippen LogP contribution >= 0.6 is 0 Å². The Bertz CT molecular complexity index is 458. The Morgan fingerprint density at radius 1 is 1.58 bits per heavy atom. The van der Waals surface area contributed by atoms with E-state index in [0.29, 0.717) is 11.7 Å². The van der Waals surface area contributed by atoms with Crippen LogP contribution in [0.3, 0.4) is 0 Å². The molecule has 0 spiro atoms. The minimum atomic E-state index is -0.364. The summed E-state index contributed by atoms with van der Waals surface area (Å²) in [5.41, 5.74) is 0.881. The minimum absolute atomic E-state index is 0.0804. The molecule has 1 aromatic heterocycles. The van der Waals surface area contributed by atoms with Gasteiger partial charge in [-0.3, -0.25) is 10.1 Å². The first kappa shape index (κ1) is 13.7. The van der Waals surface area contributed by atoms with Crippen LogP contribution < -0.4 is 10.2 Å². The lowest BCUT2D eigenvalue weighted by Crippen LogP contribution is -2.37. The molecule has 0 aliphatic carbocycles. The maximum Gasteiger partial charge on any atom is 0.311 e. The standard InChI is InChI=1S/C13H20N4O2/c1-10-5-6-12(17(18)19)13(15-10)16(2)9-11-4-3-7-14-8-11/h5-6,11,14H,3-4,7-9H2,1-2H3. The number of hydrogen-bond donors (Lipinski definition) is 1. The first-order valence-corrected chi connectivity index (χ1v) is 6.62. The summed E-state index contributed by atoms with van der Waals surface area (Å²) in [7, 11) is 1.88. The van der Waals surface area contributed by atoms with Gasteiger partial charge in [-0.15, -0.1) is 0 Å². The molecule has 1 aromatic rings. The van der Waals surface area contributed by atoms with Crippen molar-refractivity contribution in [3.05, 3.63) is 27.9 Å². The van der Waals surface area contributed by atoms with Crippen molar-refractivity contribution in [1.29, 1.82) is 0 Å². The van der Waals surface area contributed by atoms with E-state index in [0.717, 1.165) is 31.7 Å². The SMILES string of the molecule is Cc1ccc([N+](=O)[O-])c(N(C)CC2CCCNC2)n1. The molecule has 1 saturated heterocycles. The van der Waals surface area contributed by atoms with Gasteiger partial charge in [-0.05, 0) is 44.8 Å². The van der Waals surface area contributed by atoms with E-state index in [4.69, 9.17) is 0 Å². The molecule has 1 N–H and O–H groups in total. The average molecular weight is 264 g/mol. The van der Waals surface area contributed by atoms with Crippen LogP contribution in [0, 0.1) is 23.0 Å². The van der Waals surface area contributed by atoms with Crippen LogP contribution in [0.15, 0.2) is 12.1 Å². The van der Waals surface area contributed by atoms with Gasteiger partial charge in [-0.2, -0.15) is 0 Å².